The summed E-state index contributed by atoms with van der Waals surface area (Å²) in [5, 5.41) is 11.1. The predicted molar refractivity (Wildman–Crippen MR) is 88.1 cm³/mol. The fourth-order valence-corrected chi connectivity index (χ4v) is 3.06. The fourth-order valence-electron chi connectivity index (χ4n) is 3.06. The molecule has 120 valence electrons. The van der Waals surface area contributed by atoms with Crippen molar-refractivity contribution in [3.8, 4) is 5.75 Å². The Morgan fingerprint density at radius 1 is 1.30 bits per heavy atom. The van der Waals surface area contributed by atoms with E-state index >= 15 is 0 Å². The topological polar surface area (TPSA) is 70.8 Å². The quantitative estimate of drug-likeness (QED) is 0.536. The average Bonchev–Trinajstić information content (AvgIpc) is 2.99. The molecule has 0 atom stereocenters. The van der Waals surface area contributed by atoms with Crippen molar-refractivity contribution in [2.45, 2.75) is 26.2 Å². The largest absolute Gasteiger partial charge is 0.507 e. The summed E-state index contributed by atoms with van der Waals surface area (Å²) in [7, 11) is 3.63. The van der Waals surface area contributed by atoms with Gasteiger partial charge in [0, 0.05) is 42.9 Å². The monoisotopic (exact) mass is 313 g/mol. The molecule has 3 rings (SSSR count). The van der Waals surface area contributed by atoms with Gasteiger partial charge in [0.15, 0.2) is 5.78 Å². The van der Waals surface area contributed by atoms with Crippen molar-refractivity contribution < 1.29 is 14.3 Å². The smallest absolute Gasteiger partial charge is 0.339 e. The second-order valence-electron chi connectivity index (χ2n) is 6.12. The third-order valence-corrected chi connectivity index (χ3v) is 4.26. The molecule has 0 fully saturated rings. The van der Waals surface area contributed by atoms with E-state index in [4.69, 9.17) is 4.42 Å². The fraction of sp³-hybridized carbons (Fsp3) is 0.333. The molecule has 5 heteroatoms. The number of benzene rings is 1. The van der Waals surface area contributed by atoms with Gasteiger partial charge in [-0.25, -0.2) is 4.79 Å². The van der Waals surface area contributed by atoms with Gasteiger partial charge in [-0.2, -0.15) is 0 Å². The number of fused-ring (bicyclic) bond motifs is 3. The summed E-state index contributed by atoms with van der Waals surface area (Å²) in [6.07, 6.45) is 5.46. The second-order valence-corrected chi connectivity index (χ2v) is 6.12. The zero-order valence-electron chi connectivity index (χ0n) is 13.5. The summed E-state index contributed by atoms with van der Waals surface area (Å²) in [5.74, 6) is -0.411. The Morgan fingerprint density at radius 3 is 2.70 bits per heavy atom. The van der Waals surface area contributed by atoms with Crippen LogP contribution in [0.25, 0.3) is 11.0 Å². The maximum atomic E-state index is 12.4. The predicted octanol–water partition coefficient (Wildman–Crippen LogP) is 2.55. The van der Waals surface area contributed by atoms with Crippen LogP contribution in [0.1, 0.15) is 33.5 Å². The molecule has 0 saturated heterocycles. The van der Waals surface area contributed by atoms with E-state index in [2.05, 4.69) is 0 Å². The van der Waals surface area contributed by atoms with Crippen molar-refractivity contribution in [2.24, 2.45) is 0 Å². The SMILES string of the molecule is Cc1c(O)c(C(=O)C=CN(C)C)cc2c3c(c(=O)oc12)CCC3. The first-order chi connectivity index (χ1) is 10.9. The van der Waals surface area contributed by atoms with Gasteiger partial charge >= 0.3 is 5.63 Å². The molecule has 1 aliphatic carbocycles. The molecular formula is C18H19NO4. The molecule has 1 heterocycles. The van der Waals surface area contributed by atoms with Gasteiger partial charge in [-0.15, -0.1) is 0 Å². The van der Waals surface area contributed by atoms with Gasteiger partial charge < -0.3 is 14.4 Å². The van der Waals surface area contributed by atoms with E-state index in [0.717, 1.165) is 23.8 Å². The van der Waals surface area contributed by atoms with Gasteiger partial charge in [0.25, 0.3) is 0 Å². The summed E-state index contributed by atoms with van der Waals surface area (Å²) >= 11 is 0. The standard InChI is InChI=1S/C18H19NO4/c1-10-16(21)14(15(20)7-8-19(2)3)9-13-11-5-4-6-12(11)18(22)23-17(10)13/h7-9,21H,4-6H2,1-3H3. The van der Waals surface area contributed by atoms with Gasteiger partial charge in [-0.1, -0.05) is 0 Å². The summed E-state index contributed by atoms with van der Waals surface area (Å²) in [4.78, 5) is 26.2. The average molecular weight is 313 g/mol. The number of phenols is 1. The number of aromatic hydroxyl groups is 1. The Balaban J connectivity index is 2.26. The van der Waals surface area contributed by atoms with Crippen LogP contribution in [0.5, 0.6) is 5.75 Å². The number of nitrogens with zero attached hydrogens (tertiary/aromatic N) is 1. The summed E-state index contributed by atoms with van der Waals surface area (Å²) in [5.41, 5.74) is 2.35. The van der Waals surface area contributed by atoms with Crippen LogP contribution in [-0.2, 0) is 12.8 Å². The van der Waals surface area contributed by atoms with E-state index in [-0.39, 0.29) is 22.7 Å². The zero-order valence-corrected chi connectivity index (χ0v) is 13.5. The van der Waals surface area contributed by atoms with Gasteiger partial charge in [0.1, 0.15) is 11.3 Å². The summed E-state index contributed by atoms with van der Waals surface area (Å²) in [6, 6.07) is 1.65. The molecule has 1 aromatic heterocycles. The maximum absolute atomic E-state index is 12.4. The van der Waals surface area contributed by atoms with Crippen molar-refractivity contribution in [3.63, 3.8) is 0 Å². The van der Waals surface area contributed by atoms with Crippen LogP contribution < -0.4 is 5.63 Å². The highest BCUT2D eigenvalue weighted by Gasteiger charge is 2.23. The highest BCUT2D eigenvalue weighted by molar-refractivity contribution is 6.09. The van der Waals surface area contributed by atoms with Crippen molar-refractivity contribution in [3.05, 3.63) is 51.0 Å². The van der Waals surface area contributed by atoms with Crippen LogP contribution in [0.2, 0.25) is 0 Å². The van der Waals surface area contributed by atoms with E-state index in [9.17, 15) is 14.7 Å². The maximum Gasteiger partial charge on any atom is 0.339 e. The second kappa shape index (κ2) is 5.57. The normalized spacial score (nSPS) is 13.7. The van der Waals surface area contributed by atoms with E-state index in [1.807, 2.05) is 14.1 Å². The minimum atomic E-state index is -0.334. The third-order valence-electron chi connectivity index (χ3n) is 4.26. The molecule has 1 aliphatic rings. The van der Waals surface area contributed by atoms with Crippen molar-refractivity contribution >= 4 is 16.8 Å². The zero-order chi connectivity index (χ0) is 16.7. The van der Waals surface area contributed by atoms with E-state index in [1.165, 1.54) is 6.08 Å². The minimum Gasteiger partial charge on any atom is -0.507 e. The number of carbonyl (C=O) groups excluding carboxylic acids is 1. The van der Waals surface area contributed by atoms with Crippen LogP contribution in [0.3, 0.4) is 0 Å². The van der Waals surface area contributed by atoms with Gasteiger partial charge in [0.2, 0.25) is 0 Å². The molecule has 0 radical (unpaired) electrons. The lowest BCUT2D eigenvalue weighted by Crippen LogP contribution is -2.09. The van der Waals surface area contributed by atoms with Gasteiger partial charge in [-0.3, -0.25) is 4.79 Å². The lowest BCUT2D eigenvalue weighted by atomic mass is 9.98. The first kappa shape index (κ1) is 15.3. The molecule has 5 nitrogen and oxygen atoms in total. The van der Waals surface area contributed by atoms with Crippen LogP contribution >= 0.6 is 0 Å². The molecule has 2 aromatic rings. The van der Waals surface area contributed by atoms with Crippen LogP contribution in [0, 0.1) is 6.92 Å². The minimum absolute atomic E-state index is 0.132. The first-order valence-electron chi connectivity index (χ1n) is 7.60. The molecule has 0 bridgehead atoms. The third kappa shape index (κ3) is 2.52. The Hall–Kier alpha value is -2.56. The lowest BCUT2D eigenvalue weighted by Gasteiger charge is -2.11. The molecule has 23 heavy (non-hydrogen) atoms. The number of hydrogen-bond acceptors (Lipinski definition) is 5. The Kier molecular flexibility index (Phi) is 3.72. The van der Waals surface area contributed by atoms with Crippen molar-refractivity contribution in [1.29, 1.82) is 0 Å². The lowest BCUT2D eigenvalue weighted by molar-refractivity contribution is 0.104. The molecule has 0 spiro atoms. The Labute approximate surface area is 133 Å². The van der Waals surface area contributed by atoms with Crippen molar-refractivity contribution in [2.75, 3.05) is 14.1 Å². The van der Waals surface area contributed by atoms with Gasteiger partial charge in [-0.05, 0) is 37.8 Å². The Morgan fingerprint density at radius 2 is 2.00 bits per heavy atom. The summed E-state index contributed by atoms with van der Waals surface area (Å²) in [6.45, 7) is 1.66. The number of aryl methyl sites for hydroxylation is 2. The first-order valence-corrected chi connectivity index (χ1v) is 7.60. The molecule has 0 saturated carbocycles. The number of phenolic OH excluding ortho intramolecular Hbond substituents is 1. The van der Waals surface area contributed by atoms with E-state index < -0.39 is 0 Å². The highest BCUT2D eigenvalue weighted by Crippen LogP contribution is 2.35. The van der Waals surface area contributed by atoms with Crippen LogP contribution in [0.15, 0.2) is 27.6 Å². The van der Waals surface area contributed by atoms with Crippen LogP contribution in [0.4, 0.5) is 0 Å². The van der Waals surface area contributed by atoms with E-state index in [1.54, 1.807) is 24.1 Å². The number of ketones is 1. The molecule has 0 unspecified atom stereocenters. The number of allylic oxidation sites excluding steroid dienone is 1. The number of rotatable bonds is 3. The van der Waals surface area contributed by atoms with Gasteiger partial charge in [0.05, 0.1) is 5.56 Å². The molecule has 1 N–H and O–H groups in total. The van der Waals surface area contributed by atoms with Crippen molar-refractivity contribution in [1.82, 2.24) is 4.90 Å². The summed E-state index contributed by atoms with van der Waals surface area (Å²) < 4.78 is 5.40. The number of hydrogen-bond donors (Lipinski definition) is 1. The molecule has 1 aromatic carbocycles. The van der Waals surface area contributed by atoms with Crippen LogP contribution in [-0.4, -0.2) is 29.9 Å². The highest BCUT2D eigenvalue weighted by atomic mass is 16.4. The Bertz CT molecular complexity index is 890. The molecule has 0 aliphatic heterocycles. The molecular weight excluding hydrogens is 294 g/mol. The van der Waals surface area contributed by atoms with E-state index in [0.29, 0.717) is 23.1 Å². The molecule has 0 amide bonds. The number of carbonyl (C=O) groups is 1.